The summed E-state index contributed by atoms with van der Waals surface area (Å²) in [6.45, 7) is 0. The Labute approximate surface area is 68.9 Å². The molecule has 5 heteroatoms. The number of halogens is 1. The van der Waals surface area contributed by atoms with Crippen molar-refractivity contribution in [3.63, 3.8) is 0 Å². The van der Waals surface area contributed by atoms with Crippen LogP contribution in [0.25, 0.3) is 0 Å². The van der Waals surface area contributed by atoms with Crippen molar-refractivity contribution in [2.75, 3.05) is 17.4 Å². The molecule has 0 aliphatic rings. The van der Waals surface area contributed by atoms with E-state index in [9.17, 15) is 4.79 Å². The number of hydrogen-bond donors (Lipinski definition) is 2. The van der Waals surface area contributed by atoms with Gasteiger partial charge in [0.25, 0.3) is 0 Å². The highest BCUT2D eigenvalue weighted by molar-refractivity contribution is 7.99. The normalized spacial score (nSPS) is 13.0. The lowest BCUT2D eigenvalue weighted by atomic mass is 10.4. The number of thioether (sulfide) groups is 1. The molecule has 0 aliphatic carbocycles. The molecule has 60 valence electrons. The van der Waals surface area contributed by atoms with Crippen molar-refractivity contribution in [2.45, 2.75) is 6.04 Å². The van der Waals surface area contributed by atoms with Crippen molar-refractivity contribution in [3.8, 4) is 0 Å². The van der Waals surface area contributed by atoms with Crippen LogP contribution in [0.4, 0.5) is 0 Å². The molecule has 0 aromatic rings. The van der Waals surface area contributed by atoms with Crippen LogP contribution in [0.15, 0.2) is 0 Å². The SMILES string of the molecule is [NH3+]C(CSCCCl)C(=O)O. The Kier molecular flexibility index (Phi) is 5.87. The van der Waals surface area contributed by atoms with Gasteiger partial charge in [0.05, 0.1) is 5.75 Å². The molecule has 0 aromatic heterocycles. The number of aliphatic carboxylic acids is 1. The lowest BCUT2D eigenvalue weighted by Gasteiger charge is -2.00. The summed E-state index contributed by atoms with van der Waals surface area (Å²) in [6, 6.07) is -0.506. The molecule has 0 radical (unpaired) electrons. The molecule has 0 saturated carbocycles. The van der Waals surface area contributed by atoms with E-state index >= 15 is 0 Å². The molecular weight excluding hydrogens is 174 g/mol. The molecule has 10 heavy (non-hydrogen) atoms. The summed E-state index contributed by atoms with van der Waals surface area (Å²) in [7, 11) is 0. The fourth-order valence-electron chi connectivity index (χ4n) is 0.351. The number of rotatable bonds is 5. The topological polar surface area (TPSA) is 64.9 Å². The molecule has 0 saturated heterocycles. The zero-order valence-electron chi connectivity index (χ0n) is 5.55. The van der Waals surface area contributed by atoms with E-state index in [1.165, 1.54) is 11.8 Å². The van der Waals surface area contributed by atoms with Gasteiger partial charge in [-0.1, -0.05) is 0 Å². The zero-order valence-corrected chi connectivity index (χ0v) is 7.12. The first-order chi connectivity index (χ1) is 4.68. The van der Waals surface area contributed by atoms with E-state index in [2.05, 4.69) is 5.73 Å². The maximum atomic E-state index is 10.2. The molecule has 4 N–H and O–H groups in total. The van der Waals surface area contributed by atoms with E-state index in [4.69, 9.17) is 16.7 Å². The van der Waals surface area contributed by atoms with E-state index in [0.717, 1.165) is 5.75 Å². The first kappa shape index (κ1) is 10.1. The highest BCUT2D eigenvalue weighted by Gasteiger charge is 2.14. The summed E-state index contributed by atoms with van der Waals surface area (Å²) in [4.78, 5) is 10.2. The van der Waals surface area contributed by atoms with Gasteiger partial charge < -0.3 is 10.8 Å². The predicted molar refractivity (Wildman–Crippen MR) is 42.4 cm³/mol. The Balaban J connectivity index is 3.21. The van der Waals surface area contributed by atoms with E-state index in [1.807, 2.05) is 0 Å². The van der Waals surface area contributed by atoms with Crippen molar-refractivity contribution < 1.29 is 15.6 Å². The minimum atomic E-state index is -0.845. The number of alkyl halides is 1. The van der Waals surface area contributed by atoms with Crippen LogP contribution in [-0.2, 0) is 4.79 Å². The van der Waals surface area contributed by atoms with E-state index in [-0.39, 0.29) is 0 Å². The summed E-state index contributed by atoms with van der Waals surface area (Å²) in [5.41, 5.74) is 3.45. The molecular formula is C5H11ClNO2S+. The average Bonchev–Trinajstić information content (AvgIpc) is 1.88. The largest absolute Gasteiger partial charge is 0.477 e. The smallest absolute Gasteiger partial charge is 0.363 e. The number of quaternary nitrogens is 1. The van der Waals surface area contributed by atoms with Gasteiger partial charge in [-0.25, -0.2) is 4.79 Å². The first-order valence-electron chi connectivity index (χ1n) is 2.88. The van der Waals surface area contributed by atoms with Crippen molar-refractivity contribution in [1.29, 1.82) is 0 Å². The summed E-state index contributed by atoms with van der Waals surface area (Å²) in [5.74, 6) is 1.06. The minimum absolute atomic E-state index is 0.506. The number of carboxylic acids is 1. The second kappa shape index (κ2) is 5.82. The first-order valence-corrected chi connectivity index (χ1v) is 4.57. The monoisotopic (exact) mass is 184 g/mol. The summed E-state index contributed by atoms with van der Waals surface area (Å²) in [6.07, 6.45) is 0. The molecule has 0 bridgehead atoms. The maximum Gasteiger partial charge on any atom is 0.363 e. The highest BCUT2D eigenvalue weighted by Crippen LogP contribution is 2.00. The molecule has 0 rings (SSSR count). The quantitative estimate of drug-likeness (QED) is 0.454. The van der Waals surface area contributed by atoms with Gasteiger partial charge in [0.2, 0.25) is 0 Å². The molecule has 1 unspecified atom stereocenters. The van der Waals surface area contributed by atoms with Crippen molar-refractivity contribution in [1.82, 2.24) is 0 Å². The standard InChI is InChI=1S/C5H10ClNO2S/c6-1-2-10-3-4(7)5(8)9/h4H,1-3,7H2,(H,8,9)/p+1. The molecule has 0 fully saturated rings. The fourth-order valence-corrected chi connectivity index (χ4v) is 1.38. The molecule has 0 heterocycles. The Morgan fingerprint density at radius 1 is 1.80 bits per heavy atom. The second-order valence-corrected chi connectivity index (χ2v) is 3.33. The van der Waals surface area contributed by atoms with Crippen molar-refractivity contribution in [2.24, 2.45) is 0 Å². The zero-order chi connectivity index (χ0) is 7.98. The van der Waals surface area contributed by atoms with Gasteiger partial charge in [0.15, 0.2) is 6.04 Å². The van der Waals surface area contributed by atoms with Crippen LogP contribution >= 0.6 is 23.4 Å². The molecule has 0 aliphatic heterocycles. The highest BCUT2D eigenvalue weighted by atomic mass is 35.5. The van der Waals surface area contributed by atoms with Crippen LogP contribution in [0.3, 0.4) is 0 Å². The van der Waals surface area contributed by atoms with Crippen LogP contribution in [-0.4, -0.2) is 34.5 Å². The molecule has 1 atom stereocenters. The second-order valence-electron chi connectivity index (χ2n) is 1.80. The van der Waals surface area contributed by atoms with E-state index in [1.54, 1.807) is 0 Å². The van der Waals surface area contributed by atoms with E-state index in [0.29, 0.717) is 11.6 Å². The molecule has 0 spiro atoms. The van der Waals surface area contributed by atoms with Gasteiger partial charge in [-0.2, -0.15) is 11.8 Å². The Morgan fingerprint density at radius 2 is 2.40 bits per heavy atom. The van der Waals surface area contributed by atoms with Crippen LogP contribution < -0.4 is 5.73 Å². The van der Waals surface area contributed by atoms with Crippen LogP contribution in [0, 0.1) is 0 Å². The van der Waals surface area contributed by atoms with Crippen LogP contribution in [0.1, 0.15) is 0 Å². The molecule has 3 nitrogen and oxygen atoms in total. The van der Waals surface area contributed by atoms with Gasteiger partial charge in [-0.05, 0) is 0 Å². The molecule has 0 aromatic carbocycles. The predicted octanol–water partition coefficient (Wildman–Crippen LogP) is -0.347. The minimum Gasteiger partial charge on any atom is -0.477 e. The van der Waals surface area contributed by atoms with Gasteiger partial charge in [0.1, 0.15) is 0 Å². The van der Waals surface area contributed by atoms with Crippen LogP contribution in [0.2, 0.25) is 0 Å². The Bertz CT molecular complexity index is 112. The Morgan fingerprint density at radius 3 is 2.80 bits per heavy atom. The third-order valence-corrected chi connectivity index (χ3v) is 2.43. The third-order valence-electron chi connectivity index (χ3n) is 0.890. The van der Waals surface area contributed by atoms with Gasteiger partial charge >= 0.3 is 5.97 Å². The van der Waals surface area contributed by atoms with Gasteiger partial charge in [0, 0.05) is 11.6 Å². The summed E-state index contributed by atoms with van der Waals surface area (Å²) >= 11 is 6.89. The van der Waals surface area contributed by atoms with Crippen molar-refractivity contribution in [3.05, 3.63) is 0 Å². The summed E-state index contributed by atoms with van der Waals surface area (Å²) < 4.78 is 0. The average molecular weight is 185 g/mol. The van der Waals surface area contributed by atoms with Crippen molar-refractivity contribution >= 4 is 29.3 Å². The van der Waals surface area contributed by atoms with Crippen LogP contribution in [0.5, 0.6) is 0 Å². The molecule has 0 amide bonds. The number of carboxylic acid groups (broad SMARTS) is 1. The maximum absolute atomic E-state index is 10.2. The lowest BCUT2D eigenvalue weighted by Crippen LogP contribution is -2.66. The third kappa shape index (κ3) is 4.90. The number of hydrogen-bond acceptors (Lipinski definition) is 2. The van der Waals surface area contributed by atoms with Gasteiger partial charge in [-0.3, -0.25) is 0 Å². The van der Waals surface area contributed by atoms with Gasteiger partial charge in [-0.15, -0.1) is 11.6 Å². The lowest BCUT2D eigenvalue weighted by molar-refractivity contribution is -0.400. The van der Waals surface area contributed by atoms with E-state index < -0.39 is 12.0 Å². The fraction of sp³-hybridized carbons (Fsp3) is 0.800. The number of carbonyl (C=O) groups is 1. The summed E-state index contributed by atoms with van der Waals surface area (Å²) in [5, 5.41) is 8.37. The Hall–Kier alpha value is 0.0700.